The molecule has 0 aliphatic rings. The summed E-state index contributed by atoms with van der Waals surface area (Å²) in [6, 6.07) is 33.6. The van der Waals surface area contributed by atoms with Gasteiger partial charge in [-0.1, -0.05) is 140 Å². The van der Waals surface area contributed by atoms with Crippen molar-refractivity contribution in [2.45, 2.75) is 92.9 Å². The first kappa shape index (κ1) is 37.7. The zero-order valence-corrected chi connectivity index (χ0v) is 34.2. The van der Waals surface area contributed by atoms with E-state index in [1.807, 2.05) is 36.4 Å². The van der Waals surface area contributed by atoms with Crippen LogP contribution in [0.1, 0.15) is 112 Å². The van der Waals surface area contributed by atoms with Crippen LogP contribution in [0.15, 0.2) is 97.1 Å². The third-order valence-electron chi connectivity index (χ3n) is 10.0. The molecule has 0 saturated heterocycles. The van der Waals surface area contributed by atoms with E-state index >= 15 is 0 Å². The maximum atomic E-state index is 6.91. The Balaban J connectivity index is 1.51. The summed E-state index contributed by atoms with van der Waals surface area (Å²) in [6.07, 6.45) is 0. The highest BCUT2D eigenvalue weighted by Crippen LogP contribution is 2.53. The summed E-state index contributed by atoms with van der Waals surface area (Å²) in [5, 5.41) is 4.42. The number of hydrogen-bond donors (Lipinski definition) is 0. The maximum Gasteiger partial charge on any atom is 0.275 e. The van der Waals surface area contributed by atoms with Crippen LogP contribution in [0.2, 0.25) is 0 Å². The van der Waals surface area contributed by atoms with Crippen molar-refractivity contribution in [2.24, 2.45) is 0 Å². The first-order chi connectivity index (χ1) is 25.0. The standard InChI is InChI=1S/C46H52O4P2/c1-27(2)37-25-39(29(5)6)45(49-51-47-41-23-15-19-33-17-11-13-21-35(33)41)43(31(37)9)44-32(10)38(28(3)4)26-40(30(7)8)46(44)50-52-48-42-24-16-20-34-18-12-14-22-36(34)42/h11-30,51-52H,1-10H3. The van der Waals surface area contributed by atoms with Crippen LogP contribution in [0.5, 0.6) is 23.0 Å². The predicted molar refractivity (Wildman–Crippen MR) is 225 cm³/mol. The lowest BCUT2D eigenvalue weighted by molar-refractivity contribution is 0.507. The monoisotopic (exact) mass is 730 g/mol. The Morgan fingerprint density at radius 1 is 0.404 bits per heavy atom. The van der Waals surface area contributed by atoms with E-state index in [1.165, 1.54) is 33.4 Å². The van der Waals surface area contributed by atoms with Gasteiger partial charge in [0.05, 0.1) is 0 Å². The molecule has 0 amide bonds. The normalized spacial score (nSPS) is 12.2. The van der Waals surface area contributed by atoms with Crippen LogP contribution in [-0.2, 0) is 0 Å². The minimum absolute atomic E-state index is 0.216. The van der Waals surface area contributed by atoms with Gasteiger partial charge in [-0.3, -0.25) is 0 Å². The maximum absolute atomic E-state index is 6.91. The van der Waals surface area contributed by atoms with Crippen LogP contribution in [0.3, 0.4) is 0 Å². The van der Waals surface area contributed by atoms with Gasteiger partial charge in [0.15, 0.2) is 0 Å². The summed E-state index contributed by atoms with van der Waals surface area (Å²) in [6.45, 7) is 22.6. The van der Waals surface area contributed by atoms with E-state index in [2.05, 4.69) is 130 Å². The molecular weight excluding hydrogens is 678 g/mol. The second kappa shape index (κ2) is 16.3. The molecule has 0 heterocycles. The molecule has 6 rings (SSSR count). The second-order valence-corrected chi connectivity index (χ2v) is 16.1. The topological polar surface area (TPSA) is 36.9 Å². The lowest BCUT2D eigenvalue weighted by Gasteiger charge is -2.29. The average Bonchev–Trinajstić information content (AvgIpc) is 3.12. The van der Waals surface area contributed by atoms with E-state index in [0.717, 1.165) is 55.7 Å². The van der Waals surface area contributed by atoms with Crippen molar-refractivity contribution in [3.05, 3.63) is 130 Å². The molecule has 4 nitrogen and oxygen atoms in total. The third kappa shape index (κ3) is 7.66. The van der Waals surface area contributed by atoms with Crippen molar-refractivity contribution in [3.63, 3.8) is 0 Å². The van der Waals surface area contributed by atoms with Crippen molar-refractivity contribution in [1.82, 2.24) is 0 Å². The molecule has 0 bridgehead atoms. The van der Waals surface area contributed by atoms with Gasteiger partial charge in [0.2, 0.25) is 0 Å². The van der Waals surface area contributed by atoms with Crippen LogP contribution >= 0.6 is 18.1 Å². The van der Waals surface area contributed by atoms with Gasteiger partial charge in [0, 0.05) is 21.9 Å². The molecule has 0 radical (unpaired) electrons. The molecule has 6 heteroatoms. The predicted octanol–water partition coefficient (Wildman–Crippen LogP) is 14.7. The Hall–Kier alpha value is -4.10. The van der Waals surface area contributed by atoms with Crippen LogP contribution in [0.4, 0.5) is 0 Å². The van der Waals surface area contributed by atoms with Gasteiger partial charge in [-0.2, -0.15) is 0 Å². The Bertz CT molecular complexity index is 2030. The summed E-state index contributed by atoms with van der Waals surface area (Å²) in [5.41, 5.74) is 9.51. The van der Waals surface area contributed by atoms with E-state index in [9.17, 15) is 0 Å². The SMILES string of the molecule is Cc1c(C(C)C)cc(C(C)C)c(OPOc2cccc3ccccc23)c1-c1c(C)c(C(C)C)cc(C(C)C)c1OPOc1cccc2ccccc12. The van der Waals surface area contributed by atoms with Gasteiger partial charge in [-0.15, -0.1) is 0 Å². The van der Waals surface area contributed by atoms with Gasteiger partial charge in [-0.05, 0) is 93.8 Å². The van der Waals surface area contributed by atoms with Crippen LogP contribution in [0.25, 0.3) is 32.7 Å². The highest BCUT2D eigenvalue weighted by Gasteiger charge is 2.29. The second-order valence-electron chi connectivity index (χ2n) is 14.9. The van der Waals surface area contributed by atoms with Crippen molar-refractivity contribution in [3.8, 4) is 34.1 Å². The number of fused-ring (bicyclic) bond motifs is 2. The lowest BCUT2D eigenvalue weighted by atomic mass is 9.80. The summed E-state index contributed by atoms with van der Waals surface area (Å²) < 4.78 is 26.7. The first-order valence-corrected chi connectivity index (χ1v) is 20.1. The largest absolute Gasteiger partial charge is 0.440 e. The zero-order valence-electron chi connectivity index (χ0n) is 32.2. The molecule has 2 atom stereocenters. The van der Waals surface area contributed by atoms with Crippen molar-refractivity contribution in [1.29, 1.82) is 0 Å². The summed E-state index contributed by atoms with van der Waals surface area (Å²) >= 11 is 0. The number of benzene rings is 6. The Morgan fingerprint density at radius 3 is 1.12 bits per heavy atom. The molecule has 270 valence electrons. The molecule has 0 fully saturated rings. The quantitative estimate of drug-likeness (QED) is 0.111. The molecule has 6 aromatic rings. The minimum atomic E-state index is -0.244. The van der Waals surface area contributed by atoms with Crippen molar-refractivity contribution in [2.75, 3.05) is 0 Å². The molecule has 0 N–H and O–H groups in total. The molecule has 0 aliphatic heterocycles. The molecule has 0 spiro atoms. The lowest BCUT2D eigenvalue weighted by Crippen LogP contribution is -2.08. The Morgan fingerprint density at radius 2 is 0.750 bits per heavy atom. The van der Waals surface area contributed by atoms with Gasteiger partial charge in [0.1, 0.15) is 23.0 Å². The van der Waals surface area contributed by atoms with Crippen LogP contribution in [0, 0.1) is 13.8 Å². The number of hydrogen-bond acceptors (Lipinski definition) is 4. The molecule has 52 heavy (non-hydrogen) atoms. The number of rotatable bonds is 13. The summed E-state index contributed by atoms with van der Waals surface area (Å²) in [5.74, 6) is 4.42. The van der Waals surface area contributed by atoms with Gasteiger partial charge >= 0.3 is 0 Å². The fourth-order valence-electron chi connectivity index (χ4n) is 7.26. The average molecular weight is 731 g/mol. The van der Waals surface area contributed by atoms with Gasteiger partial charge < -0.3 is 18.1 Å². The smallest absolute Gasteiger partial charge is 0.275 e. The van der Waals surface area contributed by atoms with Crippen molar-refractivity contribution < 1.29 is 18.1 Å². The highest BCUT2D eigenvalue weighted by atomic mass is 31.1. The van der Waals surface area contributed by atoms with E-state index in [0.29, 0.717) is 11.8 Å². The van der Waals surface area contributed by atoms with Crippen LogP contribution < -0.4 is 18.1 Å². The molecule has 0 aromatic heterocycles. The minimum Gasteiger partial charge on any atom is -0.440 e. The zero-order chi connectivity index (χ0) is 37.1. The molecule has 6 aromatic carbocycles. The molecule has 2 unspecified atom stereocenters. The van der Waals surface area contributed by atoms with E-state index in [4.69, 9.17) is 18.1 Å². The highest BCUT2D eigenvalue weighted by molar-refractivity contribution is 7.27. The molecule has 0 aliphatic carbocycles. The summed E-state index contributed by atoms with van der Waals surface area (Å²) in [7, 11) is -0.488. The van der Waals surface area contributed by atoms with E-state index in [1.54, 1.807) is 0 Å². The van der Waals surface area contributed by atoms with E-state index < -0.39 is 0 Å². The van der Waals surface area contributed by atoms with E-state index in [-0.39, 0.29) is 29.9 Å². The first-order valence-electron chi connectivity index (χ1n) is 18.5. The van der Waals surface area contributed by atoms with Crippen LogP contribution in [-0.4, -0.2) is 0 Å². The fraction of sp³-hybridized carbons (Fsp3) is 0.304. The Labute approximate surface area is 314 Å². The Kier molecular flexibility index (Phi) is 11.8. The third-order valence-corrected chi connectivity index (χ3v) is 11.2. The molecular formula is C46H52O4P2. The fourth-order valence-corrected chi connectivity index (χ4v) is 8.49. The summed E-state index contributed by atoms with van der Waals surface area (Å²) in [4.78, 5) is 0. The van der Waals surface area contributed by atoms with Gasteiger partial charge in [0.25, 0.3) is 18.1 Å². The van der Waals surface area contributed by atoms with Crippen molar-refractivity contribution >= 4 is 39.6 Å². The molecule has 0 saturated carbocycles. The van der Waals surface area contributed by atoms with Gasteiger partial charge in [-0.25, -0.2) is 0 Å².